The molecule has 3 aromatic rings. The molecule has 2 aromatic carbocycles. The molecule has 96 valence electrons. The van der Waals surface area contributed by atoms with E-state index < -0.39 is 17.7 Å². The zero-order valence-electron chi connectivity index (χ0n) is 9.94. The largest absolute Gasteiger partial charge is 0.320 e. The van der Waals surface area contributed by atoms with Crippen LogP contribution in [0.2, 0.25) is 0 Å². The second-order valence-electron chi connectivity index (χ2n) is 4.31. The van der Waals surface area contributed by atoms with Crippen LogP contribution >= 0.6 is 11.3 Å². The smallest absolute Gasteiger partial charge is 0.163 e. The molecule has 2 N–H and O–H groups in total. The fraction of sp³-hybridized carbons (Fsp3) is 0.0667. The number of halogens is 2. The van der Waals surface area contributed by atoms with Crippen molar-refractivity contribution in [1.82, 2.24) is 0 Å². The molecule has 0 spiro atoms. The molecule has 4 heteroatoms. The molecule has 0 radical (unpaired) electrons. The van der Waals surface area contributed by atoms with Crippen molar-refractivity contribution >= 4 is 21.4 Å². The normalized spacial score (nSPS) is 12.8. The van der Waals surface area contributed by atoms with E-state index in [4.69, 9.17) is 5.73 Å². The number of fused-ring (bicyclic) bond motifs is 1. The molecule has 19 heavy (non-hydrogen) atoms. The zero-order chi connectivity index (χ0) is 13.4. The van der Waals surface area contributed by atoms with Crippen LogP contribution < -0.4 is 5.73 Å². The van der Waals surface area contributed by atoms with Gasteiger partial charge < -0.3 is 5.73 Å². The van der Waals surface area contributed by atoms with Crippen LogP contribution in [0.15, 0.2) is 47.8 Å². The molecule has 0 bridgehead atoms. The predicted molar refractivity (Wildman–Crippen MR) is 74.2 cm³/mol. The molecular formula is C15H11F2NS. The minimum Gasteiger partial charge on any atom is -0.320 e. The van der Waals surface area contributed by atoms with Crippen LogP contribution in [0.4, 0.5) is 8.78 Å². The zero-order valence-corrected chi connectivity index (χ0v) is 10.8. The van der Waals surface area contributed by atoms with Gasteiger partial charge in [0.2, 0.25) is 0 Å². The highest BCUT2D eigenvalue weighted by Gasteiger charge is 2.18. The van der Waals surface area contributed by atoms with Gasteiger partial charge in [0.05, 0.1) is 6.04 Å². The highest BCUT2D eigenvalue weighted by Crippen LogP contribution is 2.32. The van der Waals surface area contributed by atoms with Crippen molar-refractivity contribution in [1.29, 1.82) is 0 Å². The molecular weight excluding hydrogens is 264 g/mol. The summed E-state index contributed by atoms with van der Waals surface area (Å²) in [6.07, 6.45) is 0. The third-order valence-corrected chi connectivity index (χ3v) is 4.14. The molecule has 1 atom stereocenters. The minimum absolute atomic E-state index is 0.181. The van der Waals surface area contributed by atoms with E-state index in [1.165, 1.54) is 12.1 Å². The minimum atomic E-state index is -0.872. The molecule has 1 nitrogen and oxygen atoms in total. The van der Waals surface area contributed by atoms with E-state index in [0.29, 0.717) is 0 Å². The molecule has 0 aliphatic carbocycles. The molecule has 0 fully saturated rings. The van der Waals surface area contributed by atoms with Gasteiger partial charge in [-0.25, -0.2) is 8.78 Å². The summed E-state index contributed by atoms with van der Waals surface area (Å²) in [5.41, 5.74) is 7.11. The van der Waals surface area contributed by atoms with Crippen LogP contribution in [0, 0.1) is 11.6 Å². The summed E-state index contributed by atoms with van der Waals surface area (Å²) in [5.74, 6) is -1.74. The SMILES string of the molecule is NC(c1cccc(F)c1F)c1cccc2ccsc12. The van der Waals surface area contributed by atoms with E-state index in [1.54, 1.807) is 11.3 Å². The molecule has 0 aliphatic rings. The standard InChI is InChI=1S/C15H11F2NS/c16-12-6-2-4-10(13(12)17)14(18)11-5-1-3-9-7-8-19-15(9)11/h1-8,14H,18H2. The Morgan fingerprint density at radius 2 is 1.68 bits per heavy atom. The first kappa shape index (κ1) is 12.3. The van der Waals surface area contributed by atoms with Crippen molar-refractivity contribution in [3.05, 3.63) is 70.6 Å². The van der Waals surface area contributed by atoms with Crippen molar-refractivity contribution in [3.8, 4) is 0 Å². The number of rotatable bonds is 2. The number of nitrogens with two attached hydrogens (primary N) is 1. The molecule has 0 saturated carbocycles. The van der Waals surface area contributed by atoms with Crippen LogP contribution in [0.5, 0.6) is 0 Å². The van der Waals surface area contributed by atoms with Crippen LogP contribution in [0.1, 0.15) is 17.2 Å². The van der Waals surface area contributed by atoms with Crippen molar-refractivity contribution in [2.75, 3.05) is 0 Å². The highest BCUT2D eigenvalue weighted by molar-refractivity contribution is 7.17. The molecule has 1 unspecified atom stereocenters. The van der Waals surface area contributed by atoms with E-state index in [2.05, 4.69) is 0 Å². The molecule has 0 saturated heterocycles. The van der Waals surface area contributed by atoms with Gasteiger partial charge >= 0.3 is 0 Å². The fourth-order valence-electron chi connectivity index (χ4n) is 2.19. The Morgan fingerprint density at radius 3 is 2.53 bits per heavy atom. The van der Waals surface area contributed by atoms with Crippen molar-refractivity contribution < 1.29 is 8.78 Å². The maximum absolute atomic E-state index is 13.8. The third kappa shape index (κ3) is 2.03. The van der Waals surface area contributed by atoms with Gasteiger partial charge in [-0.2, -0.15) is 0 Å². The van der Waals surface area contributed by atoms with Crippen LogP contribution in [0.25, 0.3) is 10.1 Å². The number of benzene rings is 2. The monoisotopic (exact) mass is 275 g/mol. The Morgan fingerprint density at radius 1 is 0.947 bits per heavy atom. The van der Waals surface area contributed by atoms with Gasteiger partial charge in [-0.05, 0) is 28.5 Å². The molecule has 3 rings (SSSR count). The Bertz CT molecular complexity index is 736. The maximum atomic E-state index is 13.8. The number of hydrogen-bond acceptors (Lipinski definition) is 2. The summed E-state index contributed by atoms with van der Waals surface area (Å²) in [6, 6.07) is 11.1. The van der Waals surface area contributed by atoms with E-state index in [-0.39, 0.29) is 5.56 Å². The van der Waals surface area contributed by atoms with Gasteiger partial charge in [-0.3, -0.25) is 0 Å². The number of hydrogen-bond donors (Lipinski definition) is 1. The topological polar surface area (TPSA) is 26.0 Å². The van der Waals surface area contributed by atoms with E-state index >= 15 is 0 Å². The van der Waals surface area contributed by atoms with Gasteiger partial charge in [0.1, 0.15) is 0 Å². The second-order valence-corrected chi connectivity index (χ2v) is 5.22. The fourth-order valence-corrected chi connectivity index (χ4v) is 3.14. The van der Waals surface area contributed by atoms with Crippen molar-refractivity contribution in [2.45, 2.75) is 6.04 Å². The lowest BCUT2D eigenvalue weighted by Crippen LogP contribution is -2.14. The predicted octanol–water partition coefficient (Wildman–Crippen LogP) is 4.23. The van der Waals surface area contributed by atoms with Crippen LogP contribution in [-0.4, -0.2) is 0 Å². The summed E-state index contributed by atoms with van der Waals surface area (Å²) < 4.78 is 28.1. The summed E-state index contributed by atoms with van der Waals surface area (Å²) in [7, 11) is 0. The van der Waals surface area contributed by atoms with Crippen LogP contribution in [-0.2, 0) is 0 Å². The van der Waals surface area contributed by atoms with E-state index in [9.17, 15) is 8.78 Å². The Labute approximate surface area is 113 Å². The van der Waals surface area contributed by atoms with Gasteiger partial charge in [-0.15, -0.1) is 11.3 Å². The first-order chi connectivity index (χ1) is 9.18. The van der Waals surface area contributed by atoms with Crippen molar-refractivity contribution in [3.63, 3.8) is 0 Å². The summed E-state index contributed by atoms with van der Waals surface area (Å²) in [6.45, 7) is 0. The lowest BCUT2D eigenvalue weighted by atomic mass is 9.98. The van der Waals surface area contributed by atoms with Crippen molar-refractivity contribution in [2.24, 2.45) is 5.73 Å². The van der Waals surface area contributed by atoms with E-state index in [0.717, 1.165) is 21.7 Å². The Hall–Kier alpha value is -1.78. The average Bonchev–Trinajstić information content (AvgIpc) is 2.89. The molecule has 1 heterocycles. The van der Waals surface area contributed by atoms with Gasteiger partial charge in [0.25, 0.3) is 0 Å². The lowest BCUT2D eigenvalue weighted by Gasteiger charge is -2.14. The van der Waals surface area contributed by atoms with Crippen LogP contribution in [0.3, 0.4) is 0 Å². The van der Waals surface area contributed by atoms with E-state index in [1.807, 2.05) is 29.6 Å². The highest BCUT2D eigenvalue weighted by atomic mass is 32.1. The lowest BCUT2D eigenvalue weighted by molar-refractivity contribution is 0.495. The molecule has 0 amide bonds. The number of thiophene rings is 1. The average molecular weight is 275 g/mol. The maximum Gasteiger partial charge on any atom is 0.163 e. The van der Waals surface area contributed by atoms with Gasteiger partial charge in [-0.1, -0.05) is 30.3 Å². The second kappa shape index (κ2) is 4.72. The first-order valence-corrected chi connectivity index (χ1v) is 6.72. The summed E-state index contributed by atoms with van der Waals surface area (Å²) in [5, 5.41) is 3.03. The molecule has 1 aromatic heterocycles. The first-order valence-electron chi connectivity index (χ1n) is 5.84. The molecule has 0 aliphatic heterocycles. The quantitative estimate of drug-likeness (QED) is 0.744. The van der Waals surface area contributed by atoms with Gasteiger partial charge in [0.15, 0.2) is 11.6 Å². The summed E-state index contributed by atoms with van der Waals surface area (Å²) >= 11 is 1.55. The Kier molecular flexibility index (Phi) is 3.05. The van der Waals surface area contributed by atoms with Gasteiger partial charge in [0, 0.05) is 10.3 Å². The summed E-state index contributed by atoms with van der Waals surface area (Å²) in [4.78, 5) is 0. The Balaban J connectivity index is 2.16. The third-order valence-electron chi connectivity index (χ3n) is 3.16.